The summed E-state index contributed by atoms with van der Waals surface area (Å²) in [5, 5.41) is 10.1. The van der Waals surface area contributed by atoms with E-state index in [1.165, 1.54) is 6.33 Å². The fraction of sp³-hybridized carbons (Fsp3) is 0.308. The minimum Gasteiger partial charge on any atom is -0.325 e. The van der Waals surface area contributed by atoms with Crippen LogP contribution in [0.2, 0.25) is 0 Å². The molecule has 6 nitrogen and oxygen atoms in total. The molecule has 0 spiro atoms. The number of carbonyl (C=O) groups is 1. The van der Waals surface area contributed by atoms with Gasteiger partial charge in [-0.15, -0.1) is 36.6 Å². The Kier molecular flexibility index (Phi) is 7.67. The molecule has 1 atom stereocenters. The molecule has 1 aromatic heterocycles. The van der Waals surface area contributed by atoms with Gasteiger partial charge in [0.25, 0.3) is 0 Å². The lowest BCUT2D eigenvalue weighted by molar-refractivity contribution is -0.117. The summed E-state index contributed by atoms with van der Waals surface area (Å²) in [7, 11) is 0. The van der Waals surface area contributed by atoms with Gasteiger partial charge < -0.3 is 5.32 Å². The number of carbonyl (C=O) groups excluding carboxylic acids is 1. The lowest BCUT2D eigenvalue weighted by Gasteiger charge is -2.11. The lowest BCUT2D eigenvalue weighted by atomic mass is 10.2. The maximum absolute atomic E-state index is 11.9. The summed E-state index contributed by atoms with van der Waals surface area (Å²) in [6.07, 6.45) is 3.19. The topological polar surface area (TPSA) is 71.8 Å². The second-order valence-electron chi connectivity index (χ2n) is 4.55. The Morgan fingerprint density at radius 1 is 1.36 bits per heavy atom. The van der Waals surface area contributed by atoms with Crippen LogP contribution < -0.4 is 10.6 Å². The van der Waals surface area contributed by atoms with Gasteiger partial charge in [0.05, 0.1) is 12.6 Å². The minimum atomic E-state index is -0.0881. The molecule has 1 aliphatic rings. The SMILES string of the molecule is Cl.Cl.O=C(Nc1ccc(Cn2cncn2)cc1)C1CSCN1. The molecular weight excluding hydrogens is 345 g/mol. The first kappa shape index (κ1) is 18.8. The summed E-state index contributed by atoms with van der Waals surface area (Å²) in [5.41, 5.74) is 1.93. The Morgan fingerprint density at radius 2 is 2.14 bits per heavy atom. The first-order chi connectivity index (χ1) is 9.81. The second-order valence-corrected chi connectivity index (χ2v) is 5.58. The average molecular weight is 362 g/mol. The van der Waals surface area contributed by atoms with Crippen molar-refractivity contribution in [2.45, 2.75) is 12.6 Å². The van der Waals surface area contributed by atoms with E-state index in [9.17, 15) is 4.79 Å². The van der Waals surface area contributed by atoms with Crippen LogP contribution >= 0.6 is 36.6 Å². The largest absolute Gasteiger partial charge is 0.325 e. The summed E-state index contributed by atoms with van der Waals surface area (Å²) in [6, 6.07) is 7.69. The van der Waals surface area contributed by atoms with Gasteiger partial charge in [-0.3, -0.25) is 10.1 Å². The fourth-order valence-corrected chi connectivity index (χ4v) is 2.93. The molecule has 0 saturated carbocycles. The highest BCUT2D eigenvalue weighted by molar-refractivity contribution is 7.99. The lowest BCUT2D eigenvalue weighted by Crippen LogP contribution is -2.37. The van der Waals surface area contributed by atoms with E-state index in [1.54, 1.807) is 22.8 Å². The van der Waals surface area contributed by atoms with Gasteiger partial charge in [0.2, 0.25) is 5.91 Å². The smallest absolute Gasteiger partial charge is 0.242 e. The Hall–Kier alpha value is -1.28. The van der Waals surface area contributed by atoms with Crippen LogP contribution in [-0.2, 0) is 11.3 Å². The number of hydrogen-bond donors (Lipinski definition) is 2. The molecule has 0 bridgehead atoms. The molecule has 1 amide bonds. The average Bonchev–Trinajstić information content (AvgIpc) is 3.13. The highest BCUT2D eigenvalue weighted by Crippen LogP contribution is 2.14. The van der Waals surface area contributed by atoms with Gasteiger partial charge in [0, 0.05) is 17.3 Å². The van der Waals surface area contributed by atoms with Crippen molar-refractivity contribution in [3.05, 3.63) is 42.5 Å². The van der Waals surface area contributed by atoms with Crippen molar-refractivity contribution in [3.63, 3.8) is 0 Å². The molecule has 0 aliphatic carbocycles. The Balaban J connectivity index is 0.00000121. The van der Waals surface area contributed by atoms with Gasteiger partial charge >= 0.3 is 0 Å². The first-order valence-electron chi connectivity index (χ1n) is 6.34. The van der Waals surface area contributed by atoms with Crippen molar-refractivity contribution in [2.24, 2.45) is 0 Å². The van der Waals surface area contributed by atoms with Gasteiger partial charge in [-0.05, 0) is 17.7 Å². The van der Waals surface area contributed by atoms with Crippen molar-refractivity contribution in [3.8, 4) is 0 Å². The molecule has 2 heterocycles. The van der Waals surface area contributed by atoms with E-state index in [4.69, 9.17) is 0 Å². The van der Waals surface area contributed by atoms with Crippen molar-refractivity contribution in [1.29, 1.82) is 0 Å². The van der Waals surface area contributed by atoms with E-state index in [1.807, 2.05) is 24.3 Å². The Morgan fingerprint density at radius 3 is 2.73 bits per heavy atom. The number of rotatable bonds is 4. The third-order valence-electron chi connectivity index (χ3n) is 3.07. The van der Waals surface area contributed by atoms with Crippen LogP contribution in [-0.4, -0.2) is 38.3 Å². The summed E-state index contributed by atoms with van der Waals surface area (Å²) in [6.45, 7) is 0.676. The summed E-state index contributed by atoms with van der Waals surface area (Å²) >= 11 is 1.74. The number of thioether (sulfide) groups is 1. The number of amides is 1. The zero-order chi connectivity index (χ0) is 13.8. The zero-order valence-electron chi connectivity index (χ0n) is 11.6. The highest BCUT2D eigenvalue weighted by Gasteiger charge is 2.22. The van der Waals surface area contributed by atoms with E-state index in [0.717, 1.165) is 22.9 Å². The molecular formula is C13H17Cl2N5OS. The Labute approximate surface area is 145 Å². The maximum atomic E-state index is 11.9. The van der Waals surface area contributed by atoms with Gasteiger partial charge in [-0.25, -0.2) is 9.67 Å². The van der Waals surface area contributed by atoms with Crippen LogP contribution in [0.15, 0.2) is 36.9 Å². The number of halogens is 2. The molecule has 1 saturated heterocycles. The standard InChI is InChI=1S/C13H15N5OS.2ClH/c19-13(12-6-20-9-15-12)17-11-3-1-10(2-4-11)5-18-8-14-7-16-18;;/h1-4,7-8,12,15H,5-6,9H2,(H,17,19);2*1H. The van der Waals surface area contributed by atoms with E-state index in [2.05, 4.69) is 20.7 Å². The summed E-state index contributed by atoms with van der Waals surface area (Å²) in [5.74, 6) is 1.70. The number of hydrogen-bond acceptors (Lipinski definition) is 5. The molecule has 120 valence electrons. The highest BCUT2D eigenvalue weighted by atomic mass is 35.5. The van der Waals surface area contributed by atoms with Crippen LogP contribution in [0, 0.1) is 0 Å². The number of aromatic nitrogens is 3. The van der Waals surface area contributed by atoms with Gasteiger partial charge in [0.1, 0.15) is 12.7 Å². The van der Waals surface area contributed by atoms with E-state index in [-0.39, 0.29) is 36.8 Å². The summed E-state index contributed by atoms with van der Waals surface area (Å²) < 4.78 is 1.76. The molecule has 1 aromatic carbocycles. The quantitative estimate of drug-likeness (QED) is 0.868. The van der Waals surface area contributed by atoms with Crippen molar-refractivity contribution < 1.29 is 4.79 Å². The van der Waals surface area contributed by atoms with Gasteiger partial charge in [-0.1, -0.05) is 12.1 Å². The molecule has 2 aromatic rings. The molecule has 1 unspecified atom stereocenters. The number of nitrogens with one attached hydrogen (secondary N) is 2. The third kappa shape index (κ3) is 4.88. The Bertz CT molecular complexity index is 573. The van der Waals surface area contributed by atoms with Crippen LogP contribution in [0.5, 0.6) is 0 Å². The fourth-order valence-electron chi connectivity index (χ4n) is 1.99. The van der Waals surface area contributed by atoms with E-state index >= 15 is 0 Å². The molecule has 1 aliphatic heterocycles. The molecule has 2 N–H and O–H groups in total. The number of anilines is 1. The number of benzene rings is 1. The zero-order valence-corrected chi connectivity index (χ0v) is 14.1. The molecule has 22 heavy (non-hydrogen) atoms. The minimum absolute atomic E-state index is 0. The van der Waals surface area contributed by atoms with Gasteiger partial charge in [0.15, 0.2) is 0 Å². The van der Waals surface area contributed by atoms with Gasteiger partial charge in [-0.2, -0.15) is 5.10 Å². The van der Waals surface area contributed by atoms with Crippen molar-refractivity contribution in [1.82, 2.24) is 20.1 Å². The molecule has 3 rings (SSSR count). The predicted octanol–water partition coefficient (Wildman–Crippen LogP) is 1.77. The van der Waals surface area contributed by atoms with Crippen LogP contribution in [0.4, 0.5) is 5.69 Å². The molecule has 9 heteroatoms. The van der Waals surface area contributed by atoms with E-state index in [0.29, 0.717) is 6.54 Å². The third-order valence-corrected chi connectivity index (χ3v) is 4.01. The molecule has 0 radical (unpaired) electrons. The van der Waals surface area contributed by atoms with Crippen LogP contribution in [0.3, 0.4) is 0 Å². The molecule has 1 fully saturated rings. The normalized spacial score (nSPS) is 16.5. The van der Waals surface area contributed by atoms with Crippen molar-refractivity contribution >= 4 is 48.2 Å². The van der Waals surface area contributed by atoms with E-state index < -0.39 is 0 Å². The van der Waals surface area contributed by atoms with Crippen LogP contribution in [0.25, 0.3) is 0 Å². The first-order valence-corrected chi connectivity index (χ1v) is 7.50. The predicted molar refractivity (Wildman–Crippen MR) is 92.9 cm³/mol. The maximum Gasteiger partial charge on any atom is 0.242 e. The monoisotopic (exact) mass is 361 g/mol. The summed E-state index contributed by atoms with van der Waals surface area (Å²) in [4.78, 5) is 15.9. The van der Waals surface area contributed by atoms with Crippen molar-refractivity contribution in [2.75, 3.05) is 16.9 Å². The van der Waals surface area contributed by atoms with Crippen LogP contribution in [0.1, 0.15) is 5.56 Å². The number of nitrogens with zero attached hydrogens (tertiary/aromatic N) is 3. The second kappa shape index (κ2) is 8.99.